The highest BCUT2D eigenvalue weighted by atomic mass is 19.4. The molecule has 0 aliphatic carbocycles. The first-order valence-electron chi connectivity index (χ1n) is 10.5. The molecule has 1 aliphatic rings. The fourth-order valence-electron chi connectivity index (χ4n) is 4.15. The van der Waals surface area contributed by atoms with Gasteiger partial charge < -0.3 is 18.8 Å². The van der Waals surface area contributed by atoms with Crippen LogP contribution in [0.2, 0.25) is 0 Å². The molecule has 3 aromatic rings. The topological polar surface area (TPSA) is 58.7 Å². The van der Waals surface area contributed by atoms with Gasteiger partial charge in [-0.05, 0) is 50.2 Å². The van der Waals surface area contributed by atoms with E-state index in [9.17, 15) is 22.8 Å². The number of benzene rings is 1. The smallest absolute Gasteiger partial charge is 0.416 e. The molecule has 0 radical (unpaired) electrons. The average molecular weight is 459 g/mol. The van der Waals surface area contributed by atoms with E-state index >= 15 is 0 Å². The van der Waals surface area contributed by atoms with Crippen molar-refractivity contribution in [1.29, 1.82) is 0 Å². The van der Waals surface area contributed by atoms with Crippen LogP contribution in [-0.2, 0) is 12.7 Å². The lowest BCUT2D eigenvalue weighted by molar-refractivity contribution is -0.137. The summed E-state index contributed by atoms with van der Waals surface area (Å²) in [7, 11) is 0. The van der Waals surface area contributed by atoms with E-state index in [1.54, 1.807) is 32.8 Å². The fourth-order valence-corrected chi connectivity index (χ4v) is 4.15. The van der Waals surface area contributed by atoms with Gasteiger partial charge in [0, 0.05) is 43.2 Å². The van der Waals surface area contributed by atoms with Crippen molar-refractivity contribution in [3.63, 3.8) is 0 Å². The number of fused-ring (bicyclic) bond motifs is 1. The van der Waals surface area contributed by atoms with Crippen LogP contribution in [0.5, 0.6) is 0 Å². The molecule has 1 unspecified atom stereocenters. The summed E-state index contributed by atoms with van der Waals surface area (Å²) in [6.07, 6.45) is -2.88. The molecule has 9 heteroatoms. The molecule has 2 amide bonds. The number of carbonyl (C=O) groups is 2. The Kier molecular flexibility index (Phi) is 5.82. The van der Waals surface area contributed by atoms with Gasteiger partial charge in [0.05, 0.1) is 11.8 Å². The van der Waals surface area contributed by atoms with Crippen LogP contribution in [0.1, 0.15) is 40.3 Å². The fraction of sp³-hybridized carbons (Fsp3) is 0.333. The van der Waals surface area contributed by atoms with Gasteiger partial charge in [-0.1, -0.05) is 12.2 Å². The highest BCUT2D eigenvalue weighted by Crippen LogP contribution is 2.29. The standard InChI is InChI=1S/C24H24F3N3O3/c1-15(2)13-30-20(12-18-8-11-33-23(18)30)22(32)28-9-10-29(16(3)14-28)21(31)17-4-6-19(7-5-17)24(25,26)27/h4-8,11-12,16H,1,9-10,13-14H2,2-3H3. The largest absolute Gasteiger partial charge is 0.448 e. The number of furan rings is 1. The van der Waals surface area contributed by atoms with Gasteiger partial charge in [-0.3, -0.25) is 9.59 Å². The molecule has 2 aromatic heterocycles. The number of nitrogens with zero attached hydrogens (tertiary/aromatic N) is 3. The predicted molar refractivity (Wildman–Crippen MR) is 117 cm³/mol. The number of aromatic nitrogens is 1. The molecule has 174 valence electrons. The molecule has 1 aromatic carbocycles. The molecule has 4 rings (SSSR count). The minimum absolute atomic E-state index is 0.170. The summed E-state index contributed by atoms with van der Waals surface area (Å²) in [5.74, 6) is -0.525. The quantitative estimate of drug-likeness (QED) is 0.526. The average Bonchev–Trinajstić information content (AvgIpc) is 3.34. The van der Waals surface area contributed by atoms with Crippen LogP contribution in [0.3, 0.4) is 0 Å². The van der Waals surface area contributed by atoms with E-state index in [-0.39, 0.29) is 30.0 Å². The van der Waals surface area contributed by atoms with Crippen LogP contribution in [-0.4, -0.2) is 51.9 Å². The van der Waals surface area contributed by atoms with Gasteiger partial charge in [-0.25, -0.2) is 0 Å². The summed E-state index contributed by atoms with van der Waals surface area (Å²) >= 11 is 0. The van der Waals surface area contributed by atoms with Gasteiger partial charge in [0.2, 0.25) is 5.71 Å². The number of hydrogen-bond donors (Lipinski definition) is 0. The summed E-state index contributed by atoms with van der Waals surface area (Å²) in [5.41, 5.74) is 1.35. The second kappa shape index (κ2) is 8.46. The Balaban J connectivity index is 1.49. The summed E-state index contributed by atoms with van der Waals surface area (Å²) in [5, 5.41) is 0.823. The first kappa shape index (κ1) is 22.7. The van der Waals surface area contributed by atoms with Crippen LogP contribution in [0, 0.1) is 0 Å². The van der Waals surface area contributed by atoms with Gasteiger partial charge in [-0.15, -0.1) is 0 Å². The van der Waals surface area contributed by atoms with Crippen molar-refractivity contribution < 1.29 is 27.2 Å². The Hall–Kier alpha value is -3.49. The molecule has 0 saturated carbocycles. The summed E-state index contributed by atoms with van der Waals surface area (Å²) < 4.78 is 45.7. The zero-order valence-corrected chi connectivity index (χ0v) is 18.4. The molecular formula is C24H24F3N3O3. The zero-order chi connectivity index (χ0) is 23.9. The second-order valence-corrected chi connectivity index (χ2v) is 8.43. The number of halogens is 3. The Morgan fingerprint density at radius 2 is 1.82 bits per heavy atom. The van der Waals surface area contributed by atoms with Gasteiger partial charge in [0.1, 0.15) is 5.69 Å². The van der Waals surface area contributed by atoms with Crippen LogP contribution in [0.15, 0.2) is 59.2 Å². The maximum atomic E-state index is 13.3. The molecule has 1 saturated heterocycles. The van der Waals surface area contributed by atoms with Crippen LogP contribution in [0.25, 0.3) is 11.1 Å². The number of rotatable bonds is 4. The molecule has 1 atom stereocenters. The molecule has 33 heavy (non-hydrogen) atoms. The van der Waals surface area contributed by atoms with Crippen molar-refractivity contribution in [3.8, 4) is 0 Å². The third kappa shape index (κ3) is 4.40. The van der Waals surface area contributed by atoms with Crippen molar-refractivity contribution >= 4 is 22.9 Å². The van der Waals surface area contributed by atoms with E-state index in [2.05, 4.69) is 6.58 Å². The Morgan fingerprint density at radius 3 is 2.42 bits per heavy atom. The van der Waals surface area contributed by atoms with Crippen LogP contribution >= 0.6 is 0 Å². The summed E-state index contributed by atoms with van der Waals surface area (Å²) in [6.45, 7) is 8.97. The van der Waals surface area contributed by atoms with Gasteiger partial charge in [0.15, 0.2) is 0 Å². The van der Waals surface area contributed by atoms with Crippen molar-refractivity contribution in [2.75, 3.05) is 19.6 Å². The van der Waals surface area contributed by atoms with Crippen molar-refractivity contribution in [2.45, 2.75) is 32.6 Å². The van der Waals surface area contributed by atoms with Crippen molar-refractivity contribution in [1.82, 2.24) is 14.4 Å². The molecule has 1 fully saturated rings. The second-order valence-electron chi connectivity index (χ2n) is 8.43. The number of piperazine rings is 1. The number of hydrogen-bond acceptors (Lipinski definition) is 3. The molecule has 3 heterocycles. The van der Waals surface area contributed by atoms with E-state index in [0.29, 0.717) is 31.0 Å². The highest BCUT2D eigenvalue weighted by Gasteiger charge is 2.33. The molecule has 1 aliphatic heterocycles. The molecule has 0 spiro atoms. The summed E-state index contributed by atoms with van der Waals surface area (Å²) in [6, 6.07) is 7.47. The normalized spacial score (nSPS) is 16.9. The molecular weight excluding hydrogens is 435 g/mol. The minimum Gasteiger partial charge on any atom is -0.448 e. The number of allylic oxidation sites excluding steroid dienone is 1. The third-order valence-electron chi connectivity index (χ3n) is 5.78. The summed E-state index contributed by atoms with van der Waals surface area (Å²) in [4.78, 5) is 29.5. The van der Waals surface area contributed by atoms with E-state index in [4.69, 9.17) is 4.42 Å². The van der Waals surface area contributed by atoms with Gasteiger partial charge in [0.25, 0.3) is 11.8 Å². The van der Waals surface area contributed by atoms with Crippen LogP contribution < -0.4 is 0 Å². The van der Waals surface area contributed by atoms with E-state index in [0.717, 1.165) is 23.1 Å². The lowest BCUT2D eigenvalue weighted by atomic mass is 10.1. The molecule has 0 N–H and O–H groups in total. The number of amides is 2. The lowest BCUT2D eigenvalue weighted by Crippen LogP contribution is -2.55. The highest BCUT2D eigenvalue weighted by molar-refractivity contribution is 5.98. The monoisotopic (exact) mass is 459 g/mol. The van der Waals surface area contributed by atoms with Gasteiger partial charge in [-0.2, -0.15) is 13.2 Å². The Morgan fingerprint density at radius 1 is 1.12 bits per heavy atom. The number of carbonyl (C=O) groups excluding carboxylic acids is 2. The maximum Gasteiger partial charge on any atom is 0.416 e. The molecule has 0 bridgehead atoms. The predicted octanol–water partition coefficient (Wildman–Crippen LogP) is 4.82. The first-order valence-corrected chi connectivity index (χ1v) is 10.5. The first-order chi connectivity index (χ1) is 15.6. The Labute approximate surface area is 188 Å². The van der Waals surface area contributed by atoms with Crippen molar-refractivity contribution in [2.24, 2.45) is 0 Å². The van der Waals surface area contributed by atoms with E-state index in [1.807, 2.05) is 13.8 Å². The minimum atomic E-state index is -4.45. The number of alkyl halides is 3. The third-order valence-corrected chi connectivity index (χ3v) is 5.78. The maximum absolute atomic E-state index is 13.3. The van der Waals surface area contributed by atoms with Gasteiger partial charge >= 0.3 is 6.18 Å². The zero-order valence-electron chi connectivity index (χ0n) is 18.4. The lowest BCUT2D eigenvalue weighted by Gasteiger charge is -2.40. The van der Waals surface area contributed by atoms with Crippen molar-refractivity contribution in [3.05, 3.63) is 71.6 Å². The SMILES string of the molecule is C=C(C)Cn1c(C(=O)N2CCN(C(=O)c3ccc(C(F)(F)F)cc3)C(C)C2)cc2ccoc21. The van der Waals surface area contributed by atoms with E-state index in [1.165, 1.54) is 12.1 Å². The van der Waals surface area contributed by atoms with E-state index < -0.39 is 11.7 Å². The van der Waals surface area contributed by atoms with Crippen LogP contribution in [0.4, 0.5) is 13.2 Å². The molecule has 6 nitrogen and oxygen atoms in total. The Bertz CT molecular complexity index is 1210.